The van der Waals surface area contributed by atoms with E-state index in [2.05, 4.69) is 46.4 Å². The van der Waals surface area contributed by atoms with E-state index in [4.69, 9.17) is 4.98 Å². The minimum absolute atomic E-state index is 0.0656. The Kier molecular flexibility index (Phi) is 6.26. The van der Waals surface area contributed by atoms with E-state index >= 15 is 0 Å². The van der Waals surface area contributed by atoms with Crippen LogP contribution >= 0.6 is 0 Å². The van der Waals surface area contributed by atoms with Gasteiger partial charge in [0.25, 0.3) is 0 Å². The third kappa shape index (κ3) is 4.39. The van der Waals surface area contributed by atoms with E-state index in [0.717, 1.165) is 56.2 Å². The summed E-state index contributed by atoms with van der Waals surface area (Å²) in [5.74, 6) is 1.11. The highest BCUT2D eigenvalue weighted by Crippen LogP contribution is 2.30. The van der Waals surface area contributed by atoms with Crippen LogP contribution in [0.25, 0.3) is 5.69 Å². The number of piperidine rings is 1. The van der Waals surface area contributed by atoms with Crippen LogP contribution < -0.4 is 9.80 Å². The van der Waals surface area contributed by atoms with Crippen LogP contribution in [-0.4, -0.2) is 59.6 Å². The van der Waals surface area contributed by atoms with Crippen LogP contribution in [0.1, 0.15) is 24.2 Å². The minimum atomic E-state index is -0.222. The second-order valence-electron chi connectivity index (χ2n) is 9.35. The van der Waals surface area contributed by atoms with Gasteiger partial charge in [0, 0.05) is 68.5 Å². The molecule has 0 N–H and O–H groups in total. The number of anilines is 2. The molecule has 0 atom stereocenters. The number of pyridine rings is 1. The molecule has 5 rings (SSSR count). The highest BCUT2D eigenvalue weighted by Gasteiger charge is 2.31. The van der Waals surface area contributed by atoms with Crippen LogP contribution in [0.5, 0.6) is 0 Å². The first-order valence-electron chi connectivity index (χ1n) is 12.2. The van der Waals surface area contributed by atoms with Crippen LogP contribution in [0.15, 0.2) is 54.7 Å². The quantitative estimate of drug-likeness (QED) is 0.584. The number of rotatable bonds is 4. The Bertz CT molecular complexity index is 1120. The van der Waals surface area contributed by atoms with Gasteiger partial charge in [-0.2, -0.15) is 0 Å². The van der Waals surface area contributed by atoms with Crippen molar-refractivity contribution in [1.82, 2.24) is 14.5 Å². The molecule has 3 aromatic rings. The Morgan fingerprint density at radius 2 is 1.50 bits per heavy atom. The van der Waals surface area contributed by atoms with E-state index in [-0.39, 0.29) is 17.6 Å². The Morgan fingerprint density at radius 3 is 2.15 bits per heavy atom. The van der Waals surface area contributed by atoms with Gasteiger partial charge in [0.2, 0.25) is 5.91 Å². The fraction of sp³-hybridized carbons (Fsp3) is 0.407. The van der Waals surface area contributed by atoms with Crippen LogP contribution in [0.3, 0.4) is 0 Å². The van der Waals surface area contributed by atoms with Gasteiger partial charge in [-0.15, -0.1) is 0 Å². The van der Waals surface area contributed by atoms with Gasteiger partial charge >= 0.3 is 0 Å². The summed E-state index contributed by atoms with van der Waals surface area (Å²) in [5, 5.41) is 0. The predicted octanol–water partition coefficient (Wildman–Crippen LogP) is 4.19. The van der Waals surface area contributed by atoms with Crippen molar-refractivity contribution in [2.75, 3.05) is 49.1 Å². The molecule has 34 heavy (non-hydrogen) atoms. The zero-order chi connectivity index (χ0) is 23.7. The van der Waals surface area contributed by atoms with Gasteiger partial charge in [-0.25, -0.2) is 9.37 Å². The van der Waals surface area contributed by atoms with Crippen LogP contribution in [-0.2, 0) is 4.79 Å². The molecule has 1 aromatic carbocycles. The molecule has 2 aromatic heterocycles. The Hall–Kier alpha value is -3.35. The normalized spacial score (nSPS) is 17.3. The summed E-state index contributed by atoms with van der Waals surface area (Å²) in [5.41, 5.74) is 4.50. The standard InChI is InChI=1S/C27H32FN5O/c1-20-5-6-21(2)33(20)25-4-3-13-29-26(25)31-14-11-22(12-15-31)27(34)32-18-16-30(17-19-32)24-9-7-23(28)8-10-24/h3-10,13,22H,11-12,14-19H2,1-2H3. The zero-order valence-electron chi connectivity index (χ0n) is 20.0. The molecular weight excluding hydrogens is 429 g/mol. The summed E-state index contributed by atoms with van der Waals surface area (Å²) < 4.78 is 15.5. The highest BCUT2D eigenvalue weighted by molar-refractivity contribution is 5.79. The largest absolute Gasteiger partial charge is 0.368 e. The first-order valence-corrected chi connectivity index (χ1v) is 12.2. The molecule has 0 saturated carbocycles. The second kappa shape index (κ2) is 9.49. The lowest BCUT2D eigenvalue weighted by atomic mass is 9.94. The number of halogens is 1. The topological polar surface area (TPSA) is 44.6 Å². The van der Waals surface area contributed by atoms with E-state index in [1.165, 1.54) is 23.5 Å². The molecule has 2 saturated heterocycles. The van der Waals surface area contributed by atoms with Crippen molar-refractivity contribution in [2.45, 2.75) is 26.7 Å². The number of piperazine rings is 1. The molecule has 1 amide bonds. The monoisotopic (exact) mass is 461 g/mol. The van der Waals surface area contributed by atoms with Gasteiger partial charge in [-0.05, 0) is 75.2 Å². The number of carbonyl (C=O) groups excluding carboxylic acids is 1. The number of aromatic nitrogens is 2. The maximum absolute atomic E-state index is 13.2. The lowest BCUT2D eigenvalue weighted by Crippen LogP contribution is -2.51. The molecule has 0 aliphatic carbocycles. The zero-order valence-corrected chi connectivity index (χ0v) is 20.0. The number of hydrogen-bond donors (Lipinski definition) is 0. The van der Waals surface area contributed by atoms with E-state index in [9.17, 15) is 9.18 Å². The number of nitrogens with zero attached hydrogens (tertiary/aromatic N) is 5. The summed E-state index contributed by atoms with van der Waals surface area (Å²) in [6.45, 7) is 8.88. The number of carbonyl (C=O) groups is 1. The third-order valence-corrected chi connectivity index (χ3v) is 7.20. The molecule has 6 nitrogen and oxygen atoms in total. The van der Waals surface area contributed by atoms with E-state index in [1.807, 2.05) is 29.3 Å². The highest BCUT2D eigenvalue weighted by atomic mass is 19.1. The van der Waals surface area contributed by atoms with Gasteiger partial charge in [-0.1, -0.05) is 0 Å². The van der Waals surface area contributed by atoms with Gasteiger partial charge in [0.1, 0.15) is 5.82 Å². The molecule has 2 fully saturated rings. The van der Waals surface area contributed by atoms with Crippen molar-refractivity contribution in [3.63, 3.8) is 0 Å². The van der Waals surface area contributed by atoms with Crippen LogP contribution in [0, 0.1) is 25.6 Å². The van der Waals surface area contributed by atoms with Gasteiger partial charge in [-0.3, -0.25) is 4.79 Å². The maximum Gasteiger partial charge on any atom is 0.225 e. The van der Waals surface area contributed by atoms with Crippen molar-refractivity contribution in [3.05, 3.63) is 71.9 Å². The van der Waals surface area contributed by atoms with Gasteiger partial charge in [0.05, 0.1) is 5.69 Å². The SMILES string of the molecule is Cc1ccc(C)n1-c1cccnc1N1CCC(C(=O)N2CCN(c3ccc(F)cc3)CC2)CC1. The molecule has 2 aliphatic heterocycles. The summed E-state index contributed by atoms with van der Waals surface area (Å²) in [4.78, 5) is 24.5. The predicted molar refractivity (Wildman–Crippen MR) is 133 cm³/mol. The third-order valence-electron chi connectivity index (χ3n) is 7.20. The smallest absolute Gasteiger partial charge is 0.225 e. The molecule has 2 aliphatic rings. The molecule has 0 bridgehead atoms. The number of hydrogen-bond acceptors (Lipinski definition) is 4. The van der Waals surface area contributed by atoms with E-state index < -0.39 is 0 Å². The average Bonchev–Trinajstić information content (AvgIpc) is 3.22. The van der Waals surface area contributed by atoms with Crippen molar-refractivity contribution < 1.29 is 9.18 Å². The fourth-order valence-electron chi connectivity index (χ4n) is 5.29. The second-order valence-corrected chi connectivity index (χ2v) is 9.35. The van der Waals surface area contributed by atoms with E-state index in [1.54, 1.807) is 0 Å². The van der Waals surface area contributed by atoms with Crippen molar-refractivity contribution in [3.8, 4) is 5.69 Å². The molecule has 7 heteroatoms. The van der Waals surface area contributed by atoms with Crippen molar-refractivity contribution >= 4 is 17.4 Å². The van der Waals surface area contributed by atoms with Crippen molar-refractivity contribution in [2.24, 2.45) is 5.92 Å². The lowest BCUT2D eigenvalue weighted by molar-refractivity contribution is -0.136. The average molecular weight is 462 g/mol. The number of benzene rings is 1. The van der Waals surface area contributed by atoms with Gasteiger partial charge < -0.3 is 19.3 Å². The summed E-state index contributed by atoms with van der Waals surface area (Å²) in [7, 11) is 0. The Labute approximate surface area is 200 Å². The molecule has 178 valence electrons. The van der Waals surface area contributed by atoms with Crippen LogP contribution in [0.2, 0.25) is 0 Å². The molecule has 0 spiro atoms. The Morgan fingerprint density at radius 1 is 0.853 bits per heavy atom. The number of aryl methyl sites for hydroxylation is 2. The van der Waals surface area contributed by atoms with Crippen LogP contribution in [0.4, 0.5) is 15.9 Å². The Balaban J connectivity index is 1.20. The molecule has 0 radical (unpaired) electrons. The first kappa shape index (κ1) is 22.4. The molecule has 4 heterocycles. The van der Waals surface area contributed by atoms with Gasteiger partial charge in [0.15, 0.2) is 5.82 Å². The lowest BCUT2D eigenvalue weighted by Gasteiger charge is -2.39. The minimum Gasteiger partial charge on any atom is -0.368 e. The molecular formula is C27H32FN5O. The maximum atomic E-state index is 13.2. The fourth-order valence-corrected chi connectivity index (χ4v) is 5.29. The number of amides is 1. The summed E-state index contributed by atoms with van der Waals surface area (Å²) in [6, 6.07) is 15.0. The van der Waals surface area contributed by atoms with E-state index in [0.29, 0.717) is 13.1 Å². The summed E-state index contributed by atoms with van der Waals surface area (Å²) >= 11 is 0. The molecule has 0 unspecified atom stereocenters. The first-order chi connectivity index (χ1) is 16.5. The summed E-state index contributed by atoms with van der Waals surface area (Å²) in [6.07, 6.45) is 3.54. The van der Waals surface area contributed by atoms with Crippen molar-refractivity contribution in [1.29, 1.82) is 0 Å².